The van der Waals surface area contributed by atoms with Crippen LogP contribution in [-0.2, 0) is 0 Å². The molecule has 1 amide bonds. The van der Waals surface area contributed by atoms with Crippen molar-refractivity contribution < 1.29 is 9.90 Å². The smallest absolute Gasteiger partial charge is 0.251 e. The van der Waals surface area contributed by atoms with Gasteiger partial charge in [0.05, 0.1) is 6.61 Å². The molecule has 0 unspecified atom stereocenters. The molecule has 18 heavy (non-hydrogen) atoms. The Bertz CT molecular complexity index is 481. The summed E-state index contributed by atoms with van der Waals surface area (Å²) in [6, 6.07) is 5.67. The van der Waals surface area contributed by atoms with E-state index in [0.717, 1.165) is 11.1 Å². The van der Waals surface area contributed by atoms with Crippen molar-refractivity contribution in [2.75, 3.05) is 6.61 Å². The lowest BCUT2D eigenvalue weighted by atomic mass is 10.0. The molecule has 0 radical (unpaired) electrons. The first kappa shape index (κ1) is 14.3. The largest absolute Gasteiger partial charge is 0.395 e. The fourth-order valence-corrected chi connectivity index (χ4v) is 1.50. The van der Waals surface area contributed by atoms with Crippen LogP contribution >= 0.6 is 0 Å². The standard InChI is InChI=1S/C15H19NO2/c1-11(2)16-15(18)14-10-13(6-4-5-9-17)8-7-12(14)3/h7-8,10-11,17H,5,9H2,1-3H3,(H,16,18). The molecule has 3 nitrogen and oxygen atoms in total. The second-order valence-electron chi connectivity index (χ2n) is 4.43. The van der Waals surface area contributed by atoms with Gasteiger partial charge < -0.3 is 10.4 Å². The van der Waals surface area contributed by atoms with Crippen LogP contribution in [0.15, 0.2) is 18.2 Å². The lowest BCUT2D eigenvalue weighted by Gasteiger charge is -2.10. The van der Waals surface area contributed by atoms with Gasteiger partial charge in [0, 0.05) is 23.6 Å². The van der Waals surface area contributed by atoms with Crippen LogP contribution in [0.25, 0.3) is 0 Å². The van der Waals surface area contributed by atoms with Gasteiger partial charge in [0.1, 0.15) is 0 Å². The number of aliphatic hydroxyl groups is 1. The molecule has 0 aliphatic carbocycles. The zero-order chi connectivity index (χ0) is 13.5. The summed E-state index contributed by atoms with van der Waals surface area (Å²) in [7, 11) is 0. The van der Waals surface area contributed by atoms with E-state index in [9.17, 15) is 4.79 Å². The summed E-state index contributed by atoms with van der Waals surface area (Å²) in [6.07, 6.45) is 0.446. The van der Waals surface area contributed by atoms with Gasteiger partial charge in [-0.25, -0.2) is 0 Å². The topological polar surface area (TPSA) is 49.3 Å². The SMILES string of the molecule is Cc1ccc(C#CCCO)cc1C(=O)NC(C)C. The van der Waals surface area contributed by atoms with Crippen LogP contribution in [0.4, 0.5) is 0 Å². The van der Waals surface area contributed by atoms with Crippen LogP contribution in [-0.4, -0.2) is 23.7 Å². The summed E-state index contributed by atoms with van der Waals surface area (Å²) in [5, 5.41) is 11.5. The molecule has 0 atom stereocenters. The predicted molar refractivity (Wildman–Crippen MR) is 72.4 cm³/mol. The lowest BCUT2D eigenvalue weighted by Crippen LogP contribution is -2.30. The average molecular weight is 245 g/mol. The Balaban J connectivity index is 2.95. The minimum absolute atomic E-state index is 0.0551. The molecular weight excluding hydrogens is 226 g/mol. The molecule has 2 N–H and O–H groups in total. The highest BCUT2D eigenvalue weighted by atomic mass is 16.2. The molecule has 1 aromatic rings. The van der Waals surface area contributed by atoms with E-state index >= 15 is 0 Å². The zero-order valence-corrected chi connectivity index (χ0v) is 11.1. The van der Waals surface area contributed by atoms with Gasteiger partial charge in [-0.2, -0.15) is 0 Å². The maximum Gasteiger partial charge on any atom is 0.251 e. The van der Waals surface area contributed by atoms with Crippen LogP contribution < -0.4 is 5.32 Å². The van der Waals surface area contributed by atoms with Crippen LogP contribution in [0.3, 0.4) is 0 Å². The van der Waals surface area contributed by atoms with Gasteiger partial charge in [0.15, 0.2) is 0 Å². The van der Waals surface area contributed by atoms with Crippen LogP contribution in [0.5, 0.6) is 0 Å². The number of carbonyl (C=O) groups excluding carboxylic acids is 1. The lowest BCUT2D eigenvalue weighted by molar-refractivity contribution is 0.0942. The van der Waals surface area contributed by atoms with Crippen molar-refractivity contribution in [3.8, 4) is 11.8 Å². The van der Waals surface area contributed by atoms with E-state index in [1.807, 2.05) is 32.9 Å². The Kier molecular flexibility index (Phi) is 5.41. The summed E-state index contributed by atoms with van der Waals surface area (Å²) in [4.78, 5) is 12.0. The molecule has 1 rings (SSSR count). The van der Waals surface area contributed by atoms with Crippen LogP contribution in [0, 0.1) is 18.8 Å². The number of carbonyl (C=O) groups is 1. The first-order valence-electron chi connectivity index (χ1n) is 6.06. The van der Waals surface area contributed by atoms with Gasteiger partial charge in [0.2, 0.25) is 0 Å². The molecule has 96 valence electrons. The molecule has 0 aliphatic heterocycles. The van der Waals surface area contributed by atoms with E-state index < -0.39 is 0 Å². The Morgan fingerprint density at radius 2 is 2.17 bits per heavy atom. The zero-order valence-electron chi connectivity index (χ0n) is 11.1. The minimum Gasteiger partial charge on any atom is -0.395 e. The second kappa shape index (κ2) is 6.83. The van der Waals surface area contributed by atoms with E-state index in [1.165, 1.54) is 0 Å². The number of aryl methyl sites for hydroxylation is 1. The number of nitrogens with one attached hydrogen (secondary N) is 1. The van der Waals surface area contributed by atoms with Gasteiger partial charge >= 0.3 is 0 Å². The minimum atomic E-state index is -0.0756. The van der Waals surface area contributed by atoms with Crippen LogP contribution in [0.1, 0.15) is 41.8 Å². The highest BCUT2D eigenvalue weighted by Crippen LogP contribution is 2.11. The Labute approximate surface area is 108 Å². The molecule has 0 bridgehead atoms. The number of aliphatic hydroxyl groups excluding tert-OH is 1. The number of hydrogen-bond acceptors (Lipinski definition) is 2. The summed E-state index contributed by atoms with van der Waals surface area (Å²) >= 11 is 0. The third-order valence-corrected chi connectivity index (χ3v) is 2.37. The van der Waals surface area contributed by atoms with Crippen LogP contribution in [0.2, 0.25) is 0 Å². The maximum absolute atomic E-state index is 12.0. The maximum atomic E-state index is 12.0. The molecule has 0 saturated carbocycles. The predicted octanol–water partition coefficient (Wildman–Crippen LogP) is 1.87. The van der Waals surface area contributed by atoms with Crippen molar-refractivity contribution >= 4 is 5.91 Å². The van der Waals surface area contributed by atoms with Gasteiger partial charge in [-0.15, -0.1) is 0 Å². The summed E-state index contributed by atoms with van der Waals surface area (Å²) < 4.78 is 0. The van der Waals surface area contributed by atoms with Crippen molar-refractivity contribution in [3.63, 3.8) is 0 Å². The first-order chi connectivity index (χ1) is 8.54. The molecule has 0 fully saturated rings. The molecule has 1 aromatic carbocycles. The molecule has 0 aliphatic rings. The molecule has 0 aromatic heterocycles. The molecule has 0 saturated heterocycles. The van der Waals surface area contributed by atoms with Crippen molar-refractivity contribution in [1.29, 1.82) is 0 Å². The number of amides is 1. The highest BCUT2D eigenvalue weighted by Gasteiger charge is 2.10. The summed E-state index contributed by atoms with van der Waals surface area (Å²) in [6.45, 7) is 5.82. The van der Waals surface area contributed by atoms with Crippen molar-refractivity contribution in [2.45, 2.75) is 33.2 Å². The van der Waals surface area contributed by atoms with Gasteiger partial charge in [0.25, 0.3) is 5.91 Å². The third-order valence-electron chi connectivity index (χ3n) is 2.37. The quantitative estimate of drug-likeness (QED) is 0.799. The van der Waals surface area contributed by atoms with E-state index in [2.05, 4.69) is 17.2 Å². The number of hydrogen-bond donors (Lipinski definition) is 2. The van der Waals surface area contributed by atoms with Gasteiger partial charge in [-0.1, -0.05) is 17.9 Å². The number of benzene rings is 1. The summed E-state index contributed by atoms with van der Waals surface area (Å²) in [5.74, 6) is 5.70. The van der Waals surface area contributed by atoms with Gasteiger partial charge in [-0.3, -0.25) is 4.79 Å². The van der Waals surface area contributed by atoms with E-state index in [-0.39, 0.29) is 18.6 Å². The molecule has 3 heteroatoms. The highest BCUT2D eigenvalue weighted by molar-refractivity contribution is 5.96. The van der Waals surface area contributed by atoms with E-state index in [4.69, 9.17) is 5.11 Å². The van der Waals surface area contributed by atoms with E-state index in [0.29, 0.717) is 12.0 Å². The second-order valence-corrected chi connectivity index (χ2v) is 4.43. The van der Waals surface area contributed by atoms with Crippen molar-refractivity contribution in [2.24, 2.45) is 0 Å². The fourth-order valence-electron chi connectivity index (χ4n) is 1.50. The molecule has 0 heterocycles. The fraction of sp³-hybridized carbons (Fsp3) is 0.400. The van der Waals surface area contributed by atoms with Crippen molar-refractivity contribution in [1.82, 2.24) is 5.32 Å². The molecule has 0 spiro atoms. The Morgan fingerprint density at radius 1 is 1.44 bits per heavy atom. The molecular formula is C15H19NO2. The summed E-state index contributed by atoms with van der Waals surface area (Å²) in [5.41, 5.74) is 2.38. The van der Waals surface area contributed by atoms with E-state index in [1.54, 1.807) is 6.07 Å². The average Bonchev–Trinajstić information content (AvgIpc) is 2.30. The third kappa shape index (κ3) is 4.23. The van der Waals surface area contributed by atoms with Gasteiger partial charge in [-0.05, 0) is 38.5 Å². The Hall–Kier alpha value is -1.79. The monoisotopic (exact) mass is 245 g/mol. The first-order valence-corrected chi connectivity index (χ1v) is 6.06. The normalized spacial score (nSPS) is 9.83. The Morgan fingerprint density at radius 3 is 2.78 bits per heavy atom. The van der Waals surface area contributed by atoms with Crippen molar-refractivity contribution in [3.05, 3.63) is 34.9 Å². The number of rotatable bonds is 3.